The molecule has 0 saturated carbocycles. The lowest BCUT2D eigenvalue weighted by atomic mass is 10.0. The number of aromatic nitrogens is 2. The van der Waals surface area contributed by atoms with Crippen LogP contribution in [0.15, 0.2) is 24.3 Å². The van der Waals surface area contributed by atoms with Crippen molar-refractivity contribution in [2.75, 3.05) is 35.2 Å². The predicted octanol–water partition coefficient (Wildman–Crippen LogP) is 3.60. The molecule has 0 spiro atoms. The van der Waals surface area contributed by atoms with Gasteiger partial charge in [0.2, 0.25) is 10.3 Å². The third-order valence-electron chi connectivity index (χ3n) is 4.23. The van der Waals surface area contributed by atoms with Gasteiger partial charge in [0.05, 0.1) is 17.9 Å². The Morgan fingerprint density at radius 1 is 1.30 bits per heavy atom. The Labute approximate surface area is 161 Å². The van der Waals surface area contributed by atoms with Gasteiger partial charge in [0.15, 0.2) is 0 Å². The number of urea groups is 1. The molecule has 1 aliphatic heterocycles. The molecule has 3 rings (SSSR count). The number of amides is 2. The van der Waals surface area contributed by atoms with E-state index in [2.05, 4.69) is 32.7 Å². The summed E-state index contributed by atoms with van der Waals surface area (Å²) in [5.41, 5.74) is 0.679. The first-order chi connectivity index (χ1) is 13.1. The molecule has 1 aromatic carbocycles. The average molecular weight is 389 g/mol. The summed E-state index contributed by atoms with van der Waals surface area (Å²) in [6, 6.07) is 6.22. The minimum atomic E-state index is -0.485. The highest BCUT2D eigenvalue weighted by atomic mass is 32.1. The summed E-state index contributed by atoms with van der Waals surface area (Å²) in [6.45, 7) is 6.13. The second-order valence-electron chi connectivity index (χ2n) is 6.43. The van der Waals surface area contributed by atoms with Gasteiger partial charge in [0.1, 0.15) is 0 Å². The number of anilines is 3. The Kier molecular flexibility index (Phi) is 6.23. The Balaban J connectivity index is 1.63. The molecule has 9 heteroatoms. The van der Waals surface area contributed by atoms with Gasteiger partial charge >= 0.3 is 12.0 Å². The van der Waals surface area contributed by atoms with Crippen LogP contribution in [0.2, 0.25) is 0 Å². The van der Waals surface area contributed by atoms with Crippen molar-refractivity contribution in [3.05, 3.63) is 29.8 Å². The Hall–Kier alpha value is -2.68. The molecule has 0 bridgehead atoms. The molecular formula is C18H23N5O3S. The number of carbonyl (C=O) groups excluding carboxylic acids is 2. The van der Waals surface area contributed by atoms with Gasteiger partial charge in [-0.3, -0.25) is 5.32 Å². The molecule has 1 saturated heterocycles. The molecule has 2 N–H and O–H groups in total. The van der Waals surface area contributed by atoms with Crippen molar-refractivity contribution in [3.8, 4) is 0 Å². The molecule has 1 aliphatic rings. The van der Waals surface area contributed by atoms with Crippen molar-refractivity contribution < 1.29 is 14.3 Å². The van der Waals surface area contributed by atoms with Crippen molar-refractivity contribution in [1.29, 1.82) is 0 Å². The standard InChI is InChI=1S/C18H23N5O3S/c1-3-26-15(24)13-8-4-5-9-14(13)19-16(25)20-17-21-22-18(27-17)23-10-6-7-12(2)11-23/h4-5,8-9,12H,3,6-7,10-11H2,1-2H3,(H2,19,20,21,25). The van der Waals surface area contributed by atoms with Crippen LogP contribution in [0.4, 0.5) is 20.7 Å². The van der Waals surface area contributed by atoms with Crippen molar-refractivity contribution in [3.63, 3.8) is 0 Å². The van der Waals surface area contributed by atoms with Crippen LogP contribution < -0.4 is 15.5 Å². The highest BCUT2D eigenvalue weighted by Crippen LogP contribution is 2.28. The zero-order chi connectivity index (χ0) is 19.2. The van der Waals surface area contributed by atoms with Crippen LogP contribution >= 0.6 is 11.3 Å². The Morgan fingerprint density at radius 3 is 2.89 bits per heavy atom. The minimum Gasteiger partial charge on any atom is -0.462 e. The fraction of sp³-hybridized carbons (Fsp3) is 0.444. The van der Waals surface area contributed by atoms with E-state index in [0.717, 1.165) is 24.6 Å². The zero-order valence-electron chi connectivity index (χ0n) is 15.4. The quantitative estimate of drug-likeness (QED) is 0.759. The third kappa shape index (κ3) is 4.94. The van der Waals surface area contributed by atoms with E-state index < -0.39 is 12.0 Å². The number of carbonyl (C=O) groups is 2. The number of benzene rings is 1. The van der Waals surface area contributed by atoms with E-state index >= 15 is 0 Å². The van der Waals surface area contributed by atoms with E-state index in [4.69, 9.17) is 4.74 Å². The van der Waals surface area contributed by atoms with Crippen LogP contribution in [0.1, 0.15) is 37.0 Å². The van der Waals surface area contributed by atoms with Crippen molar-refractivity contribution in [2.45, 2.75) is 26.7 Å². The molecule has 1 aromatic heterocycles. The fourth-order valence-corrected chi connectivity index (χ4v) is 3.76. The third-order valence-corrected chi connectivity index (χ3v) is 5.13. The minimum absolute atomic E-state index is 0.266. The lowest BCUT2D eigenvalue weighted by Crippen LogP contribution is -2.34. The highest BCUT2D eigenvalue weighted by molar-refractivity contribution is 7.19. The van der Waals surface area contributed by atoms with E-state index in [1.54, 1.807) is 31.2 Å². The number of para-hydroxylation sites is 1. The van der Waals surface area contributed by atoms with Gasteiger partial charge < -0.3 is 15.0 Å². The van der Waals surface area contributed by atoms with Gasteiger partial charge in [-0.25, -0.2) is 9.59 Å². The van der Waals surface area contributed by atoms with E-state index in [-0.39, 0.29) is 6.61 Å². The first-order valence-corrected chi connectivity index (χ1v) is 9.81. The molecule has 1 atom stereocenters. The number of ether oxygens (including phenoxy) is 1. The van der Waals surface area contributed by atoms with Gasteiger partial charge in [0.25, 0.3) is 0 Å². The largest absolute Gasteiger partial charge is 0.462 e. The number of nitrogens with zero attached hydrogens (tertiary/aromatic N) is 3. The summed E-state index contributed by atoms with van der Waals surface area (Å²) in [6.07, 6.45) is 2.36. The van der Waals surface area contributed by atoms with Crippen LogP contribution in [-0.4, -0.2) is 41.9 Å². The zero-order valence-corrected chi connectivity index (χ0v) is 16.2. The Bertz CT molecular complexity index is 810. The van der Waals surface area contributed by atoms with E-state index in [0.29, 0.717) is 22.3 Å². The van der Waals surface area contributed by atoms with Gasteiger partial charge in [-0.15, -0.1) is 10.2 Å². The van der Waals surface area contributed by atoms with Crippen LogP contribution in [-0.2, 0) is 4.74 Å². The molecule has 27 heavy (non-hydrogen) atoms. The lowest BCUT2D eigenvalue weighted by molar-refractivity contribution is 0.0527. The SMILES string of the molecule is CCOC(=O)c1ccccc1NC(=O)Nc1nnc(N2CCCC(C)C2)s1. The van der Waals surface area contributed by atoms with E-state index in [1.165, 1.54) is 17.8 Å². The lowest BCUT2D eigenvalue weighted by Gasteiger charge is -2.29. The van der Waals surface area contributed by atoms with Crippen molar-refractivity contribution in [1.82, 2.24) is 10.2 Å². The van der Waals surface area contributed by atoms with Gasteiger partial charge in [0, 0.05) is 13.1 Å². The molecule has 0 radical (unpaired) electrons. The first kappa shape index (κ1) is 19.1. The number of hydrogen-bond acceptors (Lipinski definition) is 7. The number of rotatable bonds is 5. The van der Waals surface area contributed by atoms with Gasteiger partial charge in [-0.1, -0.05) is 30.4 Å². The first-order valence-electron chi connectivity index (χ1n) is 8.99. The molecule has 8 nitrogen and oxygen atoms in total. The molecule has 1 fully saturated rings. The maximum Gasteiger partial charge on any atom is 0.340 e. The second-order valence-corrected chi connectivity index (χ2v) is 7.38. The summed E-state index contributed by atoms with van der Waals surface area (Å²) in [4.78, 5) is 26.5. The smallest absolute Gasteiger partial charge is 0.340 e. The number of esters is 1. The van der Waals surface area contributed by atoms with Crippen LogP contribution in [0.5, 0.6) is 0 Å². The second kappa shape index (κ2) is 8.81. The maximum atomic E-state index is 12.3. The molecule has 1 unspecified atom stereocenters. The number of nitrogens with one attached hydrogen (secondary N) is 2. The molecule has 2 heterocycles. The summed E-state index contributed by atoms with van der Waals surface area (Å²) in [7, 11) is 0. The molecule has 2 amide bonds. The summed E-state index contributed by atoms with van der Waals surface area (Å²) in [5.74, 6) is 0.146. The van der Waals surface area contributed by atoms with Gasteiger partial charge in [-0.05, 0) is 37.8 Å². The molecular weight excluding hydrogens is 366 g/mol. The van der Waals surface area contributed by atoms with E-state index in [1.807, 2.05) is 0 Å². The Morgan fingerprint density at radius 2 is 2.11 bits per heavy atom. The fourth-order valence-electron chi connectivity index (χ4n) is 2.99. The van der Waals surface area contributed by atoms with E-state index in [9.17, 15) is 9.59 Å². The monoisotopic (exact) mass is 389 g/mol. The summed E-state index contributed by atoms with van der Waals surface area (Å²) >= 11 is 1.34. The highest BCUT2D eigenvalue weighted by Gasteiger charge is 2.20. The van der Waals surface area contributed by atoms with Crippen LogP contribution in [0.3, 0.4) is 0 Å². The predicted molar refractivity (Wildman–Crippen MR) is 106 cm³/mol. The summed E-state index contributed by atoms with van der Waals surface area (Å²) < 4.78 is 5.01. The van der Waals surface area contributed by atoms with Crippen molar-refractivity contribution >= 4 is 39.3 Å². The van der Waals surface area contributed by atoms with Crippen LogP contribution in [0, 0.1) is 5.92 Å². The van der Waals surface area contributed by atoms with Crippen molar-refractivity contribution in [2.24, 2.45) is 5.92 Å². The molecule has 0 aliphatic carbocycles. The molecule has 144 valence electrons. The molecule has 2 aromatic rings. The normalized spacial score (nSPS) is 16.7. The topological polar surface area (TPSA) is 96.4 Å². The summed E-state index contributed by atoms with van der Waals surface area (Å²) in [5, 5.41) is 14.8. The van der Waals surface area contributed by atoms with Crippen LogP contribution in [0.25, 0.3) is 0 Å². The number of piperidine rings is 1. The maximum absolute atomic E-state index is 12.3. The number of hydrogen-bond donors (Lipinski definition) is 2. The average Bonchev–Trinajstić information content (AvgIpc) is 3.10. The van der Waals surface area contributed by atoms with Gasteiger partial charge in [-0.2, -0.15) is 0 Å².